The van der Waals surface area contributed by atoms with Crippen LogP contribution in [0, 0.1) is 0 Å². The molecule has 0 unspecified atom stereocenters. The highest BCUT2D eigenvalue weighted by molar-refractivity contribution is 7.13. The van der Waals surface area contributed by atoms with Crippen LogP contribution in [0.2, 0.25) is 0 Å². The number of aromatic nitrogens is 1. The van der Waals surface area contributed by atoms with E-state index in [9.17, 15) is 4.79 Å². The van der Waals surface area contributed by atoms with E-state index in [-0.39, 0.29) is 5.91 Å². The molecule has 0 bridgehead atoms. The number of anilines is 1. The van der Waals surface area contributed by atoms with Crippen molar-refractivity contribution in [1.29, 1.82) is 0 Å². The highest BCUT2D eigenvalue weighted by Gasteiger charge is 2.29. The van der Waals surface area contributed by atoms with Crippen LogP contribution < -0.4 is 5.32 Å². The van der Waals surface area contributed by atoms with E-state index < -0.39 is 0 Å². The van der Waals surface area contributed by atoms with Crippen molar-refractivity contribution in [3.05, 3.63) is 33.5 Å². The molecule has 1 aliphatic carbocycles. The molecule has 1 fully saturated rings. The van der Waals surface area contributed by atoms with Crippen LogP contribution in [0.1, 0.15) is 30.3 Å². The summed E-state index contributed by atoms with van der Waals surface area (Å²) in [6.07, 6.45) is 2.57. The van der Waals surface area contributed by atoms with Gasteiger partial charge in [-0.2, -0.15) is 0 Å². The van der Waals surface area contributed by atoms with Gasteiger partial charge in [-0.25, -0.2) is 4.98 Å². The number of nitrogens with zero attached hydrogens (tertiary/aromatic N) is 2. The maximum absolute atomic E-state index is 11.0. The summed E-state index contributed by atoms with van der Waals surface area (Å²) in [5.41, 5.74) is 1.04. The normalized spacial score (nSPS) is 14.7. The van der Waals surface area contributed by atoms with Gasteiger partial charge in [0, 0.05) is 36.3 Å². The third kappa shape index (κ3) is 3.65. The van der Waals surface area contributed by atoms with Gasteiger partial charge in [0.15, 0.2) is 5.13 Å². The minimum Gasteiger partial charge on any atom is -0.302 e. The number of hydrogen-bond donors (Lipinski definition) is 1. The molecule has 1 amide bonds. The van der Waals surface area contributed by atoms with Gasteiger partial charge in [0.2, 0.25) is 5.91 Å². The largest absolute Gasteiger partial charge is 0.302 e. The quantitative estimate of drug-likeness (QED) is 0.890. The molecule has 0 spiro atoms. The third-order valence-corrected chi connectivity index (χ3v) is 4.87. The Kier molecular flexibility index (Phi) is 4.14. The monoisotopic (exact) mass is 307 g/mol. The highest BCUT2D eigenvalue weighted by atomic mass is 32.1. The van der Waals surface area contributed by atoms with Crippen LogP contribution in [0.25, 0.3) is 0 Å². The molecule has 0 saturated heterocycles. The molecule has 1 aliphatic rings. The van der Waals surface area contributed by atoms with E-state index in [0.717, 1.165) is 18.8 Å². The van der Waals surface area contributed by atoms with E-state index >= 15 is 0 Å². The molecular weight excluding hydrogens is 290 g/mol. The molecule has 6 heteroatoms. The van der Waals surface area contributed by atoms with Crippen molar-refractivity contribution in [2.75, 3.05) is 5.32 Å². The predicted octanol–water partition coefficient (Wildman–Crippen LogP) is 3.33. The van der Waals surface area contributed by atoms with Gasteiger partial charge in [0.1, 0.15) is 0 Å². The first kappa shape index (κ1) is 13.7. The zero-order valence-corrected chi connectivity index (χ0v) is 13.0. The van der Waals surface area contributed by atoms with E-state index in [0.29, 0.717) is 11.2 Å². The Morgan fingerprint density at radius 2 is 2.30 bits per heavy atom. The second kappa shape index (κ2) is 6.03. The number of nitrogens with one attached hydrogen (secondary N) is 1. The molecule has 1 saturated carbocycles. The van der Waals surface area contributed by atoms with E-state index in [2.05, 4.69) is 32.7 Å². The van der Waals surface area contributed by atoms with E-state index in [1.165, 1.54) is 36.0 Å². The van der Waals surface area contributed by atoms with Crippen molar-refractivity contribution in [2.45, 2.75) is 38.9 Å². The summed E-state index contributed by atoms with van der Waals surface area (Å²) >= 11 is 3.30. The van der Waals surface area contributed by atoms with Crippen LogP contribution in [0.4, 0.5) is 5.13 Å². The van der Waals surface area contributed by atoms with Crippen LogP contribution >= 0.6 is 22.7 Å². The van der Waals surface area contributed by atoms with Crippen molar-refractivity contribution in [3.8, 4) is 0 Å². The number of carbonyl (C=O) groups excluding carboxylic acids is 1. The number of carbonyl (C=O) groups is 1. The summed E-state index contributed by atoms with van der Waals surface area (Å²) in [5, 5.41) is 7.59. The SMILES string of the molecule is CC(=O)Nc1nc(CN(Cc2cccs2)C2CC2)cs1. The fraction of sp³-hybridized carbons (Fsp3) is 0.429. The number of rotatable bonds is 6. The molecular formula is C14H17N3OS2. The summed E-state index contributed by atoms with van der Waals surface area (Å²) < 4.78 is 0. The van der Waals surface area contributed by atoms with Gasteiger partial charge in [-0.15, -0.1) is 22.7 Å². The second-order valence-electron chi connectivity index (χ2n) is 5.04. The van der Waals surface area contributed by atoms with Gasteiger partial charge in [-0.05, 0) is 24.3 Å². The van der Waals surface area contributed by atoms with Gasteiger partial charge < -0.3 is 5.32 Å². The lowest BCUT2D eigenvalue weighted by molar-refractivity contribution is -0.114. The van der Waals surface area contributed by atoms with Gasteiger partial charge in [-0.1, -0.05) is 6.07 Å². The molecule has 2 aromatic heterocycles. The second-order valence-corrected chi connectivity index (χ2v) is 6.93. The number of hydrogen-bond acceptors (Lipinski definition) is 5. The average molecular weight is 307 g/mol. The van der Waals surface area contributed by atoms with E-state index in [1.54, 1.807) is 11.3 Å². The fourth-order valence-corrected chi connectivity index (χ4v) is 3.63. The lowest BCUT2D eigenvalue weighted by Gasteiger charge is -2.19. The molecule has 0 atom stereocenters. The first-order valence-electron chi connectivity index (χ1n) is 6.69. The average Bonchev–Trinajstić information content (AvgIpc) is 2.95. The smallest absolute Gasteiger partial charge is 0.223 e. The van der Waals surface area contributed by atoms with Gasteiger partial charge in [0.25, 0.3) is 0 Å². The maximum Gasteiger partial charge on any atom is 0.223 e. The van der Waals surface area contributed by atoms with Gasteiger partial charge in [-0.3, -0.25) is 9.69 Å². The lowest BCUT2D eigenvalue weighted by Crippen LogP contribution is -2.24. The lowest BCUT2D eigenvalue weighted by atomic mass is 10.3. The zero-order chi connectivity index (χ0) is 13.9. The minimum absolute atomic E-state index is 0.0662. The summed E-state index contributed by atoms with van der Waals surface area (Å²) in [7, 11) is 0. The first-order chi connectivity index (χ1) is 9.70. The zero-order valence-electron chi connectivity index (χ0n) is 11.3. The third-order valence-electron chi connectivity index (χ3n) is 3.20. The highest BCUT2D eigenvalue weighted by Crippen LogP contribution is 2.31. The van der Waals surface area contributed by atoms with Crippen LogP contribution in [0.3, 0.4) is 0 Å². The molecule has 0 aromatic carbocycles. The molecule has 2 heterocycles. The minimum atomic E-state index is -0.0662. The summed E-state index contributed by atoms with van der Waals surface area (Å²) in [5.74, 6) is -0.0662. The van der Waals surface area contributed by atoms with Crippen molar-refractivity contribution in [1.82, 2.24) is 9.88 Å². The number of thiophene rings is 1. The maximum atomic E-state index is 11.0. The Morgan fingerprint density at radius 1 is 1.45 bits per heavy atom. The standard InChI is InChI=1S/C14H17N3OS2/c1-10(18)15-14-16-11(9-20-14)7-17(12-4-5-12)8-13-3-2-6-19-13/h2-3,6,9,12H,4-5,7-8H2,1H3,(H,15,16,18). The summed E-state index contributed by atoms with van der Waals surface area (Å²) in [6, 6.07) is 4.98. The van der Waals surface area contributed by atoms with Crippen molar-refractivity contribution in [2.24, 2.45) is 0 Å². The van der Waals surface area contributed by atoms with Crippen LogP contribution in [-0.4, -0.2) is 21.8 Å². The first-order valence-corrected chi connectivity index (χ1v) is 8.45. The predicted molar refractivity (Wildman–Crippen MR) is 83.0 cm³/mol. The van der Waals surface area contributed by atoms with Crippen molar-refractivity contribution in [3.63, 3.8) is 0 Å². The van der Waals surface area contributed by atoms with Crippen molar-refractivity contribution < 1.29 is 4.79 Å². The van der Waals surface area contributed by atoms with Crippen LogP contribution in [0.15, 0.2) is 22.9 Å². The Bertz CT molecular complexity index is 575. The summed E-state index contributed by atoms with van der Waals surface area (Å²) in [4.78, 5) is 19.4. The Hall–Kier alpha value is -1.24. The molecule has 0 radical (unpaired) electrons. The number of amides is 1. The van der Waals surface area contributed by atoms with Gasteiger partial charge >= 0.3 is 0 Å². The summed E-state index contributed by atoms with van der Waals surface area (Å²) in [6.45, 7) is 3.36. The van der Waals surface area contributed by atoms with Crippen LogP contribution in [0.5, 0.6) is 0 Å². The van der Waals surface area contributed by atoms with E-state index in [4.69, 9.17) is 0 Å². The van der Waals surface area contributed by atoms with Crippen molar-refractivity contribution >= 4 is 33.7 Å². The molecule has 106 valence electrons. The fourth-order valence-electron chi connectivity index (χ4n) is 2.15. The van der Waals surface area contributed by atoms with Crippen LogP contribution in [-0.2, 0) is 17.9 Å². The Labute approximate surface area is 126 Å². The molecule has 2 aromatic rings. The number of thiazole rings is 1. The van der Waals surface area contributed by atoms with E-state index in [1.807, 2.05) is 5.38 Å². The molecule has 1 N–H and O–H groups in total. The molecule has 0 aliphatic heterocycles. The molecule has 20 heavy (non-hydrogen) atoms. The Morgan fingerprint density at radius 3 is 2.95 bits per heavy atom. The molecule has 3 rings (SSSR count). The Balaban J connectivity index is 1.64. The van der Waals surface area contributed by atoms with Gasteiger partial charge in [0.05, 0.1) is 5.69 Å². The topological polar surface area (TPSA) is 45.2 Å². The molecule has 4 nitrogen and oxygen atoms in total.